The molecule has 0 radical (unpaired) electrons. The van der Waals surface area contributed by atoms with Crippen LogP contribution in [0.15, 0.2) is 53.6 Å². The van der Waals surface area contributed by atoms with Crippen molar-refractivity contribution in [3.05, 3.63) is 82.0 Å². The number of carboxylic acids is 1. The summed E-state index contributed by atoms with van der Waals surface area (Å²) in [6.07, 6.45) is 11.3. The lowest BCUT2D eigenvalue weighted by atomic mass is 9.52. The van der Waals surface area contributed by atoms with Crippen LogP contribution in [-0.2, 0) is 16.6 Å². The number of rotatable bonds is 8. The van der Waals surface area contributed by atoms with Crippen LogP contribution in [-0.4, -0.2) is 63.4 Å². The van der Waals surface area contributed by atoms with Gasteiger partial charge in [-0.25, -0.2) is 9.97 Å². The van der Waals surface area contributed by atoms with Gasteiger partial charge in [-0.3, -0.25) is 9.59 Å². The van der Waals surface area contributed by atoms with Gasteiger partial charge in [-0.2, -0.15) is 0 Å². The SMILES string of the molecule is Cc1nc(C(C)C2(C3C4=CC=C3C=C4)c3ccc(c(CCO)c3)N3CCC2CC3)nc(C(=O)NCC(=O)O)c1O. The fraction of sp³-hybridized carbons (Fsp3) is 0.419. The quantitative estimate of drug-likeness (QED) is 0.400. The minimum absolute atomic E-state index is 0.0622. The van der Waals surface area contributed by atoms with Gasteiger partial charge in [0.2, 0.25) is 0 Å². The summed E-state index contributed by atoms with van der Waals surface area (Å²) < 4.78 is 0. The zero-order chi connectivity index (χ0) is 28.2. The number of nitrogens with one attached hydrogen (secondary N) is 1. The van der Waals surface area contributed by atoms with Gasteiger partial charge >= 0.3 is 5.97 Å². The zero-order valence-electron chi connectivity index (χ0n) is 22.7. The number of aromatic nitrogens is 2. The molecule has 5 aliphatic heterocycles. The van der Waals surface area contributed by atoms with E-state index in [1.807, 2.05) is 0 Å². The second-order valence-corrected chi connectivity index (χ2v) is 11.3. The van der Waals surface area contributed by atoms with Crippen LogP contribution in [0.1, 0.15) is 58.8 Å². The molecule has 7 aliphatic rings. The first-order valence-corrected chi connectivity index (χ1v) is 13.9. The van der Waals surface area contributed by atoms with Crippen molar-refractivity contribution >= 4 is 17.6 Å². The van der Waals surface area contributed by atoms with Crippen molar-refractivity contribution in [2.24, 2.45) is 11.8 Å². The van der Waals surface area contributed by atoms with Crippen molar-refractivity contribution in [2.45, 2.75) is 44.4 Å². The summed E-state index contributed by atoms with van der Waals surface area (Å²) in [5.74, 6) is -1.76. The molecule has 9 heteroatoms. The van der Waals surface area contributed by atoms with Gasteiger partial charge in [0.05, 0.1) is 5.69 Å². The summed E-state index contributed by atoms with van der Waals surface area (Å²) in [5.41, 5.74) is 5.54. The number of aliphatic hydroxyl groups excluding tert-OH is 1. The largest absolute Gasteiger partial charge is 0.504 e. The van der Waals surface area contributed by atoms with E-state index < -0.39 is 23.8 Å². The molecule has 0 saturated carbocycles. The number of piperidine rings is 1. The van der Waals surface area contributed by atoms with E-state index in [9.17, 15) is 19.8 Å². The Balaban J connectivity index is 1.56. The average Bonchev–Trinajstić information content (AvgIpc) is 3.58. The van der Waals surface area contributed by atoms with Crippen LogP contribution >= 0.6 is 0 Å². The molecule has 2 aromatic rings. The van der Waals surface area contributed by atoms with E-state index in [-0.39, 0.29) is 41.5 Å². The lowest BCUT2D eigenvalue weighted by Crippen LogP contribution is -2.50. The molecular formula is C31H34N4O5. The zero-order valence-corrected chi connectivity index (χ0v) is 22.7. The van der Waals surface area contributed by atoms with Crippen LogP contribution in [0.2, 0.25) is 0 Å². The van der Waals surface area contributed by atoms with Gasteiger partial charge in [-0.05, 0) is 60.4 Å². The molecule has 9 nitrogen and oxygen atoms in total. The molecule has 1 fully saturated rings. The second kappa shape index (κ2) is 9.89. The van der Waals surface area contributed by atoms with Crippen LogP contribution in [0, 0.1) is 18.8 Å². The van der Waals surface area contributed by atoms with E-state index in [0.29, 0.717) is 12.2 Å². The third kappa shape index (κ3) is 3.94. The average molecular weight is 543 g/mol. The molecule has 2 atom stereocenters. The minimum atomic E-state index is -1.18. The number of nitrogens with zero attached hydrogens (tertiary/aromatic N) is 3. The molecule has 1 amide bonds. The maximum absolute atomic E-state index is 12.9. The number of hydrogen-bond donors (Lipinski definition) is 4. The van der Waals surface area contributed by atoms with Crippen molar-refractivity contribution in [1.29, 1.82) is 0 Å². The van der Waals surface area contributed by atoms with E-state index >= 15 is 0 Å². The molecule has 208 valence electrons. The Morgan fingerprint density at radius 3 is 2.48 bits per heavy atom. The lowest BCUT2D eigenvalue weighted by Gasteiger charge is -2.51. The van der Waals surface area contributed by atoms with Crippen molar-refractivity contribution in [2.75, 3.05) is 31.1 Å². The van der Waals surface area contributed by atoms with E-state index in [0.717, 1.165) is 31.5 Å². The summed E-state index contributed by atoms with van der Waals surface area (Å²) in [6, 6.07) is 6.66. The van der Waals surface area contributed by atoms with Gasteiger partial charge in [0.25, 0.3) is 5.91 Å². The number of aliphatic carboxylic acids is 1. The number of aryl methyl sites for hydroxylation is 1. The first-order chi connectivity index (χ1) is 19.2. The van der Waals surface area contributed by atoms with Gasteiger partial charge in [-0.1, -0.05) is 43.4 Å². The summed E-state index contributed by atoms with van der Waals surface area (Å²) in [7, 11) is 0. The topological polar surface area (TPSA) is 136 Å². The van der Waals surface area contributed by atoms with Crippen molar-refractivity contribution in [3.63, 3.8) is 0 Å². The highest BCUT2D eigenvalue weighted by molar-refractivity contribution is 5.96. The fourth-order valence-electron chi connectivity index (χ4n) is 7.59. The molecule has 40 heavy (non-hydrogen) atoms. The van der Waals surface area contributed by atoms with Crippen LogP contribution in [0.4, 0.5) is 5.69 Å². The number of allylic oxidation sites excluding steroid dienone is 6. The first kappa shape index (κ1) is 26.3. The first-order valence-electron chi connectivity index (χ1n) is 13.9. The number of aliphatic hydroxyl groups is 1. The summed E-state index contributed by atoms with van der Waals surface area (Å²) >= 11 is 0. The molecule has 1 aromatic carbocycles. The Morgan fingerprint density at radius 2 is 1.85 bits per heavy atom. The smallest absolute Gasteiger partial charge is 0.322 e. The molecule has 0 spiro atoms. The molecule has 2 unspecified atom stereocenters. The number of fused-ring (bicyclic) bond motifs is 2. The third-order valence-electron chi connectivity index (χ3n) is 9.35. The number of amides is 1. The Kier molecular flexibility index (Phi) is 6.49. The molecule has 4 N–H and O–H groups in total. The number of anilines is 1. The van der Waals surface area contributed by atoms with Crippen LogP contribution < -0.4 is 10.2 Å². The molecule has 1 saturated heterocycles. The van der Waals surface area contributed by atoms with Gasteiger partial charge in [-0.15, -0.1) is 0 Å². The number of carbonyl (C=O) groups excluding carboxylic acids is 1. The Labute approximate surface area is 233 Å². The van der Waals surface area contributed by atoms with E-state index in [4.69, 9.17) is 10.1 Å². The van der Waals surface area contributed by atoms with Gasteiger partial charge in [0.15, 0.2) is 11.4 Å². The molecule has 6 heterocycles. The Hall–Kier alpha value is -3.98. The summed E-state index contributed by atoms with van der Waals surface area (Å²) in [5, 5.41) is 32.0. The molecule has 6 bridgehead atoms. The Bertz CT molecular complexity index is 1460. The van der Waals surface area contributed by atoms with Gasteiger partial charge in [0, 0.05) is 42.6 Å². The minimum Gasteiger partial charge on any atom is -0.504 e. The predicted octanol–water partition coefficient (Wildman–Crippen LogP) is 3.16. The van der Waals surface area contributed by atoms with Crippen molar-refractivity contribution in [1.82, 2.24) is 15.3 Å². The summed E-state index contributed by atoms with van der Waals surface area (Å²) in [6.45, 7) is 5.05. The predicted molar refractivity (Wildman–Crippen MR) is 149 cm³/mol. The number of benzene rings is 1. The van der Waals surface area contributed by atoms with Crippen molar-refractivity contribution in [3.8, 4) is 5.75 Å². The molecular weight excluding hydrogens is 508 g/mol. The van der Waals surface area contributed by atoms with Gasteiger partial charge in [0.1, 0.15) is 12.4 Å². The maximum Gasteiger partial charge on any atom is 0.322 e. The van der Waals surface area contributed by atoms with Crippen molar-refractivity contribution < 1.29 is 24.9 Å². The highest BCUT2D eigenvalue weighted by Crippen LogP contribution is 2.61. The van der Waals surface area contributed by atoms with E-state index in [1.165, 1.54) is 22.4 Å². The number of carbonyl (C=O) groups is 2. The lowest BCUT2D eigenvalue weighted by molar-refractivity contribution is -0.135. The number of carboxylic acid groups (broad SMARTS) is 1. The molecule has 9 rings (SSSR count). The van der Waals surface area contributed by atoms with E-state index in [2.05, 4.69) is 64.6 Å². The second-order valence-electron chi connectivity index (χ2n) is 11.3. The van der Waals surface area contributed by atoms with E-state index in [1.54, 1.807) is 6.92 Å². The maximum atomic E-state index is 12.9. The highest BCUT2D eigenvalue weighted by Gasteiger charge is 2.56. The molecule has 1 aromatic heterocycles. The highest BCUT2D eigenvalue weighted by atomic mass is 16.4. The fourth-order valence-corrected chi connectivity index (χ4v) is 7.59. The summed E-state index contributed by atoms with van der Waals surface area (Å²) in [4.78, 5) is 35.8. The normalized spacial score (nSPS) is 23.5. The van der Waals surface area contributed by atoms with Crippen LogP contribution in [0.25, 0.3) is 0 Å². The monoisotopic (exact) mass is 542 g/mol. The Morgan fingerprint density at radius 1 is 1.15 bits per heavy atom. The standard InChI is InChI=1S/C31H34N4O5/c1-17(29-33-18(2)28(39)27(34-29)30(40)32-16-25(37)38)31(26-19-3-4-20(26)6-5-19)22-9-12-35(13-10-22)24-8-7-23(31)15-21(24)11-14-36/h3-8,15,17,22,26,36,39H,9-14,16H2,1-2H3,(H,32,40)(H,37,38). The number of hydrogen-bond acceptors (Lipinski definition) is 7. The van der Waals surface area contributed by atoms with Crippen LogP contribution in [0.3, 0.4) is 0 Å². The number of aromatic hydroxyl groups is 1. The molecule has 2 aliphatic carbocycles. The third-order valence-corrected chi connectivity index (χ3v) is 9.35. The van der Waals surface area contributed by atoms with Gasteiger partial charge < -0.3 is 25.5 Å². The van der Waals surface area contributed by atoms with Crippen LogP contribution in [0.5, 0.6) is 5.75 Å².